The van der Waals surface area contributed by atoms with Gasteiger partial charge in [-0.2, -0.15) is 0 Å². The fourth-order valence-corrected chi connectivity index (χ4v) is 1.50. The number of aliphatic hydroxyl groups excluding tert-OH is 1. The molecule has 0 radical (unpaired) electrons. The summed E-state index contributed by atoms with van der Waals surface area (Å²) in [5.74, 6) is -1.93. The van der Waals surface area contributed by atoms with Crippen LogP contribution in [0.15, 0.2) is 18.2 Å². The molecule has 1 rings (SSSR count). The predicted octanol–water partition coefficient (Wildman–Crippen LogP) is 0.469. The van der Waals surface area contributed by atoms with E-state index in [-0.39, 0.29) is 24.2 Å². The van der Waals surface area contributed by atoms with Crippen LogP contribution in [-0.2, 0) is 4.79 Å². The first-order chi connectivity index (χ1) is 9.32. The van der Waals surface area contributed by atoms with E-state index in [2.05, 4.69) is 5.32 Å². The molecule has 1 atom stereocenters. The smallest absolute Gasteiger partial charge is 0.332 e. The molecule has 1 amide bonds. The van der Waals surface area contributed by atoms with Gasteiger partial charge >= 0.3 is 5.97 Å². The number of nitrogens with one attached hydrogen (secondary N) is 1. The molecule has 0 heterocycles. The summed E-state index contributed by atoms with van der Waals surface area (Å²) in [4.78, 5) is 32.3. The SMILES string of the molecule is Cc1ccc(C(=O)NCC[C@H](O)C(=O)O)cc1[N+](=O)[O-]. The number of nitro groups is 1. The molecule has 0 saturated heterocycles. The van der Waals surface area contributed by atoms with Crippen molar-refractivity contribution >= 4 is 17.6 Å². The summed E-state index contributed by atoms with van der Waals surface area (Å²) in [7, 11) is 0. The maximum Gasteiger partial charge on any atom is 0.332 e. The molecule has 0 unspecified atom stereocenters. The van der Waals surface area contributed by atoms with Gasteiger partial charge in [0.05, 0.1) is 4.92 Å². The molecule has 8 nitrogen and oxygen atoms in total. The molecule has 0 aliphatic heterocycles. The van der Waals surface area contributed by atoms with E-state index in [1.165, 1.54) is 12.1 Å². The zero-order valence-corrected chi connectivity index (χ0v) is 10.7. The van der Waals surface area contributed by atoms with Crippen LogP contribution in [-0.4, -0.2) is 39.7 Å². The second kappa shape index (κ2) is 6.62. The van der Waals surface area contributed by atoms with E-state index in [9.17, 15) is 19.7 Å². The number of hydrogen-bond acceptors (Lipinski definition) is 5. The lowest BCUT2D eigenvalue weighted by atomic mass is 10.1. The Hall–Kier alpha value is -2.48. The number of amides is 1. The summed E-state index contributed by atoms with van der Waals surface area (Å²) in [5.41, 5.74) is 0.378. The molecule has 3 N–H and O–H groups in total. The van der Waals surface area contributed by atoms with E-state index >= 15 is 0 Å². The Morgan fingerprint density at radius 2 is 2.10 bits per heavy atom. The number of carbonyl (C=O) groups excluding carboxylic acids is 1. The minimum absolute atomic E-state index is 0.0476. The number of benzene rings is 1. The van der Waals surface area contributed by atoms with E-state index in [0.717, 1.165) is 6.07 Å². The van der Waals surface area contributed by atoms with Crippen molar-refractivity contribution < 1.29 is 24.7 Å². The highest BCUT2D eigenvalue weighted by Gasteiger charge is 2.16. The Kier molecular flexibility index (Phi) is 5.15. The summed E-state index contributed by atoms with van der Waals surface area (Å²) in [6, 6.07) is 4.04. The van der Waals surface area contributed by atoms with Crippen molar-refractivity contribution in [2.24, 2.45) is 0 Å². The molecule has 0 aliphatic carbocycles. The molecule has 0 spiro atoms. The Morgan fingerprint density at radius 3 is 2.65 bits per heavy atom. The Labute approximate surface area is 114 Å². The van der Waals surface area contributed by atoms with Gasteiger partial charge in [-0.3, -0.25) is 14.9 Å². The molecule has 8 heteroatoms. The van der Waals surface area contributed by atoms with Crippen LogP contribution in [0.2, 0.25) is 0 Å². The first-order valence-electron chi connectivity index (χ1n) is 5.77. The number of aliphatic hydroxyl groups is 1. The van der Waals surface area contributed by atoms with Gasteiger partial charge in [0.15, 0.2) is 6.10 Å². The van der Waals surface area contributed by atoms with E-state index in [0.29, 0.717) is 5.56 Å². The first-order valence-corrected chi connectivity index (χ1v) is 5.77. The number of aryl methyl sites for hydroxylation is 1. The summed E-state index contributed by atoms with van der Waals surface area (Å²) < 4.78 is 0. The first kappa shape index (κ1) is 15.6. The molecule has 108 valence electrons. The van der Waals surface area contributed by atoms with Crippen LogP contribution < -0.4 is 5.32 Å². The van der Waals surface area contributed by atoms with E-state index < -0.39 is 22.9 Å². The minimum Gasteiger partial charge on any atom is -0.479 e. The second-order valence-corrected chi connectivity index (χ2v) is 4.16. The van der Waals surface area contributed by atoms with Crippen LogP contribution in [0.3, 0.4) is 0 Å². The van der Waals surface area contributed by atoms with Gasteiger partial charge in [-0.05, 0) is 13.0 Å². The third-order valence-electron chi connectivity index (χ3n) is 2.66. The third kappa shape index (κ3) is 4.02. The molecular weight excluding hydrogens is 268 g/mol. The monoisotopic (exact) mass is 282 g/mol. The third-order valence-corrected chi connectivity index (χ3v) is 2.66. The lowest BCUT2D eigenvalue weighted by Gasteiger charge is -2.07. The number of carbonyl (C=O) groups is 2. The molecule has 1 aromatic rings. The van der Waals surface area contributed by atoms with Crippen molar-refractivity contribution in [3.63, 3.8) is 0 Å². The maximum absolute atomic E-state index is 11.7. The lowest BCUT2D eigenvalue weighted by Crippen LogP contribution is -2.30. The summed E-state index contributed by atoms with van der Waals surface area (Å²) in [6.45, 7) is 1.51. The summed E-state index contributed by atoms with van der Waals surface area (Å²) in [6.07, 6.45) is -1.70. The van der Waals surface area contributed by atoms with Crippen LogP contribution in [0.4, 0.5) is 5.69 Å². The number of rotatable bonds is 6. The summed E-state index contributed by atoms with van der Waals surface area (Å²) >= 11 is 0. The fraction of sp³-hybridized carbons (Fsp3) is 0.333. The number of aliphatic carboxylic acids is 1. The second-order valence-electron chi connectivity index (χ2n) is 4.16. The molecule has 0 bridgehead atoms. The molecule has 0 aliphatic rings. The molecular formula is C12H14N2O6. The van der Waals surface area contributed by atoms with Crippen LogP contribution in [0.25, 0.3) is 0 Å². The normalized spacial score (nSPS) is 11.7. The number of carboxylic acid groups (broad SMARTS) is 1. The van der Waals surface area contributed by atoms with Gasteiger partial charge in [0.2, 0.25) is 0 Å². The Morgan fingerprint density at radius 1 is 1.45 bits per heavy atom. The number of hydrogen-bond donors (Lipinski definition) is 3. The van der Waals surface area contributed by atoms with Gasteiger partial charge in [0, 0.05) is 30.2 Å². The van der Waals surface area contributed by atoms with Gasteiger partial charge in [-0.1, -0.05) is 6.07 Å². The Balaban J connectivity index is 2.67. The van der Waals surface area contributed by atoms with Crippen molar-refractivity contribution in [3.05, 3.63) is 39.4 Å². The minimum atomic E-state index is -1.55. The predicted molar refractivity (Wildman–Crippen MR) is 68.4 cm³/mol. The highest BCUT2D eigenvalue weighted by molar-refractivity contribution is 5.95. The van der Waals surface area contributed by atoms with E-state index in [1.54, 1.807) is 6.92 Å². The number of nitro benzene ring substituents is 1. The average Bonchev–Trinajstić information content (AvgIpc) is 2.38. The topological polar surface area (TPSA) is 130 Å². The largest absolute Gasteiger partial charge is 0.479 e. The fourth-order valence-electron chi connectivity index (χ4n) is 1.50. The van der Waals surface area contributed by atoms with Gasteiger partial charge in [-0.15, -0.1) is 0 Å². The molecule has 0 saturated carbocycles. The van der Waals surface area contributed by atoms with Crippen molar-refractivity contribution in [3.8, 4) is 0 Å². The van der Waals surface area contributed by atoms with Crippen LogP contribution in [0.5, 0.6) is 0 Å². The highest BCUT2D eigenvalue weighted by Crippen LogP contribution is 2.19. The van der Waals surface area contributed by atoms with Gasteiger partial charge in [0.25, 0.3) is 11.6 Å². The van der Waals surface area contributed by atoms with Crippen molar-refractivity contribution in [2.45, 2.75) is 19.4 Å². The van der Waals surface area contributed by atoms with E-state index in [4.69, 9.17) is 10.2 Å². The van der Waals surface area contributed by atoms with Crippen LogP contribution in [0, 0.1) is 17.0 Å². The number of nitrogens with zero attached hydrogens (tertiary/aromatic N) is 1. The maximum atomic E-state index is 11.7. The van der Waals surface area contributed by atoms with Gasteiger partial charge in [-0.25, -0.2) is 4.79 Å². The number of carboxylic acids is 1. The van der Waals surface area contributed by atoms with Gasteiger partial charge in [0.1, 0.15) is 0 Å². The lowest BCUT2D eigenvalue weighted by molar-refractivity contribution is -0.385. The quantitative estimate of drug-likeness (QED) is 0.513. The zero-order valence-electron chi connectivity index (χ0n) is 10.7. The van der Waals surface area contributed by atoms with Crippen molar-refractivity contribution in [1.82, 2.24) is 5.32 Å². The Bertz CT molecular complexity index is 543. The molecule has 20 heavy (non-hydrogen) atoms. The zero-order chi connectivity index (χ0) is 15.3. The molecule has 0 fully saturated rings. The molecule has 0 aromatic heterocycles. The molecule has 1 aromatic carbocycles. The highest BCUT2D eigenvalue weighted by atomic mass is 16.6. The summed E-state index contributed by atoms with van der Waals surface area (Å²) in [5, 5.41) is 30.6. The van der Waals surface area contributed by atoms with Crippen molar-refractivity contribution in [1.29, 1.82) is 0 Å². The van der Waals surface area contributed by atoms with Crippen LogP contribution >= 0.6 is 0 Å². The van der Waals surface area contributed by atoms with Crippen molar-refractivity contribution in [2.75, 3.05) is 6.54 Å². The van der Waals surface area contributed by atoms with Crippen LogP contribution in [0.1, 0.15) is 22.3 Å². The average molecular weight is 282 g/mol. The standard InChI is InChI=1S/C12H14N2O6/c1-7-2-3-8(6-9(7)14(19)20)11(16)13-5-4-10(15)12(17)18/h2-3,6,10,15H,4-5H2,1H3,(H,13,16)(H,17,18)/t10-/m0/s1. The van der Waals surface area contributed by atoms with Gasteiger partial charge < -0.3 is 15.5 Å². The van der Waals surface area contributed by atoms with E-state index in [1.807, 2.05) is 0 Å².